The standard InChI is InChI=1S/C14H24N2O4/c1-20-7-6-16-9-10(8-13(16)18)14(19)15-11-2-4-12(17)5-3-11/h10-12,17H,2-9H2,1H3,(H,15,19). The molecule has 1 heterocycles. The zero-order valence-corrected chi connectivity index (χ0v) is 12.0. The minimum atomic E-state index is -0.244. The molecule has 1 unspecified atom stereocenters. The van der Waals surface area contributed by atoms with E-state index in [4.69, 9.17) is 4.74 Å². The minimum Gasteiger partial charge on any atom is -0.393 e. The van der Waals surface area contributed by atoms with Gasteiger partial charge in [0.05, 0.1) is 18.6 Å². The Balaban J connectivity index is 1.77. The molecule has 2 amide bonds. The van der Waals surface area contributed by atoms with Crippen molar-refractivity contribution in [3.05, 3.63) is 0 Å². The van der Waals surface area contributed by atoms with Crippen LogP contribution in [-0.4, -0.2) is 60.8 Å². The Bertz CT molecular complexity index is 353. The van der Waals surface area contributed by atoms with Crippen LogP contribution < -0.4 is 5.32 Å². The van der Waals surface area contributed by atoms with E-state index in [1.807, 2.05) is 0 Å². The van der Waals surface area contributed by atoms with E-state index in [2.05, 4.69) is 5.32 Å². The lowest BCUT2D eigenvalue weighted by atomic mass is 9.92. The van der Waals surface area contributed by atoms with Gasteiger partial charge in [-0.15, -0.1) is 0 Å². The summed E-state index contributed by atoms with van der Waals surface area (Å²) in [6, 6.07) is 0.147. The third-order valence-electron chi connectivity index (χ3n) is 4.19. The SMILES string of the molecule is COCCN1CC(C(=O)NC2CCC(O)CC2)CC1=O. The predicted octanol–water partition coefficient (Wildman–Crippen LogP) is -0.0990. The number of hydrogen-bond acceptors (Lipinski definition) is 4. The van der Waals surface area contributed by atoms with Crippen molar-refractivity contribution < 1.29 is 19.4 Å². The Hall–Kier alpha value is -1.14. The molecule has 1 aliphatic carbocycles. The van der Waals surface area contributed by atoms with Crippen molar-refractivity contribution in [3.63, 3.8) is 0 Å². The summed E-state index contributed by atoms with van der Waals surface area (Å²) < 4.78 is 4.96. The summed E-state index contributed by atoms with van der Waals surface area (Å²) in [7, 11) is 1.60. The van der Waals surface area contributed by atoms with Crippen LogP contribution >= 0.6 is 0 Å². The van der Waals surface area contributed by atoms with Crippen molar-refractivity contribution in [3.8, 4) is 0 Å². The molecular formula is C14H24N2O4. The normalized spacial score (nSPS) is 30.6. The first kappa shape index (κ1) is 15.3. The Morgan fingerprint density at radius 3 is 2.75 bits per heavy atom. The van der Waals surface area contributed by atoms with Crippen LogP contribution in [0.5, 0.6) is 0 Å². The smallest absolute Gasteiger partial charge is 0.225 e. The van der Waals surface area contributed by atoms with Gasteiger partial charge in [-0.3, -0.25) is 9.59 Å². The molecule has 2 fully saturated rings. The van der Waals surface area contributed by atoms with Crippen LogP contribution in [-0.2, 0) is 14.3 Å². The van der Waals surface area contributed by atoms with Gasteiger partial charge in [0.15, 0.2) is 0 Å². The van der Waals surface area contributed by atoms with Crippen molar-refractivity contribution >= 4 is 11.8 Å². The summed E-state index contributed by atoms with van der Waals surface area (Å²) in [5.41, 5.74) is 0. The summed E-state index contributed by atoms with van der Waals surface area (Å²) in [4.78, 5) is 25.7. The van der Waals surface area contributed by atoms with E-state index < -0.39 is 0 Å². The highest BCUT2D eigenvalue weighted by Crippen LogP contribution is 2.21. The molecule has 20 heavy (non-hydrogen) atoms. The fourth-order valence-electron chi connectivity index (χ4n) is 2.90. The molecule has 0 aromatic heterocycles. The monoisotopic (exact) mass is 284 g/mol. The summed E-state index contributed by atoms with van der Waals surface area (Å²) in [5.74, 6) is -0.243. The lowest BCUT2D eigenvalue weighted by Gasteiger charge is -2.27. The van der Waals surface area contributed by atoms with E-state index in [0.717, 1.165) is 25.7 Å². The van der Waals surface area contributed by atoms with Gasteiger partial charge < -0.3 is 20.1 Å². The summed E-state index contributed by atoms with van der Waals surface area (Å²) in [5, 5.41) is 12.5. The highest BCUT2D eigenvalue weighted by Gasteiger charge is 2.35. The van der Waals surface area contributed by atoms with Crippen LogP contribution in [0.25, 0.3) is 0 Å². The van der Waals surface area contributed by atoms with Crippen LogP contribution in [0.4, 0.5) is 0 Å². The number of aliphatic hydroxyl groups excluding tert-OH is 1. The Labute approximate surface area is 119 Å². The van der Waals surface area contributed by atoms with Crippen LogP contribution in [0.2, 0.25) is 0 Å². The van der Waals surface area contributed by atoms with E-state index in [1.165, 1.54) is 0 Å². The van der Waals surface area contributed by atoms with Crippen LogP contribution in [0.1, 0.15) is 32.1 Å². The molecule has 1 saturated heterocycles. The number of amides is 2. The number of carbonyl (C=O) groups is 2. The van der Waals surface area contributed by atoms with Gasteiger partial charge >= 0.3 is 0 Å². The molecule has 2 N–H and O–H groups in total. The third-order valence-corrected chi connectivity index (χ3v) is 4.19. The Morgan fingerprint density at radius 2 is 2.10 bits per heavy atom. The summed E-state index contributed by atoms with van der Waals surface area (Å²) in [6.45, 7) is 1.54. The number of aliphatic hydroxyl groups is 1. The first-order chi connectivity index (χ1) is 9.60. The average Bonchev–Trinajstić information content (AvgIpc) is 2.80. The molecular weight excluding hydrogens is 260 g/mol. The van der Waals surface area contributed by atoms with Gasteiger partial charge in [-0.25, -0.2) is 0 Å². The van der Waals surface area contributed by atoms with Crippen molar-refractivity contribution in [1.82, 2.24) is 10.2 Å². The van der Waals surface area contributed by atoms with E-state index in [-0.39, 0.29) is 29.9 Å². The molecule has 1 saturated carbocycles. The Kier molecular flexibility index (Phi) is 5.37. The molecule has 0 bridgehead atoms. The highest BCUT2D eigenvalue weighted by atomic mass is 16.5. The first-order valence-electron chi connectivity index (χ1n) is 7.35. The molecule has 6 nitrogen and oxygen atoms in total. The second kappa shape index (κ2) is 7.04. The maximum absolute atomic E-state index is 12.2. The summed E-state index contributed by atoms with van der Waals surface area (Å²) in [6.07, 6.45) is 3.20. The van der Waals surface area contributed by atoms with Gasteiger partial charge in [-0.2, -0.15) is 0 Å². The molecule has 0 aromatic carbocycles. The predicted molar refractivity (Wildman–Crippen MR) is 73.0 cm³/mol. The topological polar surface area (TPSA) is 78.9 Å². The van der Waals surface area contributed by atoms with Crippen molar-refractivity contribution in [2.45, 2.75) is 44.2 Å². The molecule has 2 aliphatic rings. The van der Waals surface area contributed by atoms with Crippen molar-refractivity contribution in [2.75, 3.05) is 26.8 Å². The lowest BCUT2D eigenvalue weighted by molar-refractivity contribution is -0.129. The number of likely N-dealkylation sites (tertiary alicyclic amines) is 1. The summed E-state index contributed by atoms with van der Waals surface area (Å²) >= 11 is 0. The molecule has 0 spiro atoms. The van der Waals surface area contributed by atoms with E-state index >= 15 is 0 Å². The number of methoxy groups -OCH3 is 1. The second-order valence-electron chi connectivity index (χ2n) is 5.75. The first-order valence-corrected chi connectivity index (χ1v) is 7.35. The lowest BCUT2D eigenvalue weighted by Crippen LogP contribution is -2.42. The zero-order chi connectivity index (χ0) is 14.5. The Morgan fingerprint density at radius 1 is 1.40 bits per heavy atom. The molecule has 114 valence electrons. The molecule has 2 rings (SSSR count). The minimum absolute atomic E-state index is 0.0281. The van der Waals surface area contributed by atoms with Crippen molar-refractivity contribution in [2.24, 2.45) is 5.92 Å². The number of ether oxygens (including phenoxy) is 1. The van der Waals surface area contributed by atoms with Gasteiger partial charge in [0.25, 0.3) is 0 Å². The highest BCUT2D eigenvalue weighted by molar-refractivity contribution is 5.89. The zero-order valence-electron chi connectivity index (χ0n) is 12.0. The molecule has 0 radical (unpaired) electrons. The van der Waals surface area contributed by atoms with Gasteiger partial charge in [0.2, 0.25) is 11.8 Å². The number of hydrogen-bond donors (Lipinski definition) is 2. The molecule has 6 heteroatoms. The van der Waals surface area contributed by atoms with Crippen LogP contribution in [0.3, 0.4) is 0 Å². The maximum atomic E-state index is 12.2. The van der Waals surface area contributed by atoms with E-state index in [1.54, 1.807) is 12.0 Å². The molecule has 1 aliphatic heterocycles. The quantitative estimate of drug-likeness (QED) is 0.739. The maximum Gasteiger partial charge on any atom is 0.225 e. The fourth-order valence-corrected chi connectivity index (χ4v) is 2.90. The molecule has 0 aromatic rings. The second-order valence-corrected chi connectivity index (χ2v) is 5.75. The number of rotatable bonds is 5. The van der Waals surface area contributed by atoms with Gasteiger partial charge in [0, 0.05) is 32.7 Å². The largest absolute Gasteiger partial charge is 0.393 e. The van der Waals surface area contributed by atoms with Crippen molar-refractivity contribution in [1.29, 1.82) is 0 Å². The number of nitrogens with one attached hydrogen (secondary N) is 1. The van der Waals surface area contributed by atoms with E-state index in [9.17, 15) is 14.7 Å². The molecule has 1 atom stereocenters. The fraction of sp³-hybridized carbons (Fsp3) is 0.857. The van der Waals surface area contributed by atoms with Crippen LogP contribution in [0.15, 0.2) is 0 Å². The number of carbonyl (C=O) groups excluding carboxylic acids is 2. The third kappa shape index (κ3) is 3.93. The number of nitrogens with zero attached hydrogens (tertiary/aromatic N) is 1. The average molecular weight is 284 g/mol. The van der Waals surface area contributed by atoms with Gasteiger partial charge in [-0.1, -0.05) is 0 Å². The van der Waals surface area contributed by atoms with Gasteiger partial charge in [-0.05, 0) is 25.7 Å². The van der Waals surface area contributed by atoms with Gasteiger partial charge in [0.1, 0.15) is 0 Å². The van der Waals surface area contributed by atoms with Crippen LogP contribution in [0, 0.1) is 5.92 Å². The van der Waals surface area contributed by atoms with E-state index in [0.29, 0.717) is 26.1 Å².